The lowest BCUT2D eigenvalue weighted by Crippen LogP contribution is -2.43. The predicted molar refractivity (Wildman–Crippen MR) is 94.2 cm³/mol. The second-order valence-electron chi connectivity index (χ2n) is 5.98. The molecule has 1 aliphatic heterocycles. The maximum absolute atomic E-state index is 12.2. The summed E-state index contributed by atoms with van der Waals surface area (Å²) >= 11 is 11.7. The van der Waals surface area contributed by atoms with Crippen LogP contribution in [0.1, 0.15) is 19.8 Å². The molecule has 0 bridgehead atoms. The molecule has 1 aliphatic rings. The minimum Gasteiger partial charge on any atom is -0.481 e. The van der Waals surface area contributed by atoms with E-state index in [4.69, 9.17) is 32.7 Å². The second kappa shape index (κ2) is 9.27. The number of hydrogen-bond donors (Lipinski definition) is 2. The normalized spacial score (nSPS) is 17.6. The SMILES string of the molecule is CC(Oc1ccc(Cl)c(Cl)c1)C(=O)NCC(C(=O)O)C1CCOCC1. The lowest BCUT2D eigenvalue weighted by molar-refractivity contribution is -0.145. The minimum absolute atomic E-state index is 0.00199. The Kier molecular flexibility index (Phi) is 7.35. The van der Waals surface area contributed by atoms with Crippen LogP contribution in [0.2, 0.25) is 10.0 Å². The Bertz CT molecular complexity index is 619. The number of nitrogens with one attached hydrogen (secondary N) is 1. The first-order valence-corrected chi connectivity index (χ1v) is 8.84. The molecule has 2 N–H and O–H groups in total. The number of carbonyl (C=O) groups excluding carboxylic acids is 1. The zero-order valence-electron chi connectivity index (χ0n) is 13.8. The highest BCUT2D eigenvalue weighted by atomic mass is 35.5. The number of carbonyl (C=O) groups is 2. The van der Waals surface area contributed by atoms with Gasteiger partial charge in [-0.25, -0.2) is 0 Å². The first-order chi connectivity index (χ1) is 11.9. The summed E-state index contributed by atoms with van der Waals surface area (Å²) in [5, 5.41) is 12.8. The van der Waals surface area contributed by atoms with E-state index in [0.717, 1.165) is 0 Å². The van der Waals surface area contributed by atoms with Gasteiger partial charge in [0.2, 0.25) is 0 Å². The van der Waals surface area contributed by atoms with Crippen LogP contribution in [-0.4, -0.2) is 42.8 Å². The average molecular weight is 390 g/mol. The van der Waals surface area contributed by atoms with Crippen molar-refractivity contribution in [2.75, 3.05) is 19.8 Å². The van der Waals surface area contributed by atoms with Gasteiger partial charge in [-0.15, -0.1) is 0 Å². The standard InChI is InChI=1S/C17H21Cl2NO5/c1-10(25-12-2-3-14(18)15(19)8-12)16(21)20-9-13(17(22)23)11-4-6-24-7-5-11/h2-3,8,10-11,13H,4-7,9H2,1H3,(H,20,21)(H,22,23). The molecule has 1 aromatic rings. The Labute approximate surface area is 156 Å². The van der Waals surface area contributed by atoms with Crippen molar-refractivity contribution in [3.05, 3.63) is 28.2 Å². The third kappa shape index (κ3) is 5.76. The molecule has 1 amide bonds. The highest BCUT2D eigenvalue weighted by Gasteiger charge is 2.30. The number of ether oxygens (including phenoxy) is 2. The van der Waals surface area contributed by atoms with Crippen LogP contribution in [-0.2, 0) is 14.3 Å². The Morgan fingerprint density at radius 3 is 2.60 bits per heavy atom. The smallest absolute Gasteiger partial charge is 0.308 e. The van der Waals surface area contributed by atoms with Gasteiger partial charge >= 0.3 is 5.97 Å². The van der Waals surface area contributed by atoms with E-state index in [-0.39, 0.29) is 18.4 Å². The predicted octanol–water partition coefficient (Wildman–Crippen LogP) is 3.00. The minimum atomic E-state index is -0.912. The first kappa shape index (κ1) is 19.8. The number of amides is 1. The van der Waals surface area contributed by atoms with Crippen LogP contribution in [0.4, 0.5) is 0 Å². The van der Waals surface area contributed by atoms with Crippen LogP contribution in [0, 0.1) is 11.8 Å². The number of benzene rings is 1. The summed E-state index contributed by atoms with van der Waals surface area (Å²) in [6, 6.07) is 4.71. The van der Waals surface area contributed by atoms with Crippen molar-refractivity contribution in [2.24, 2.45) is 11.8 Å². The van der Waals surface area contributed by atoms with Gasteiger partial charge in [0, 0.05) is 25.8 Å². The number of rotatable bonds is 7. The molecule has 0 spiro atoms. The summed E-state index contributed by atoms with van der Waals surface area (Å²) in [7, 11) is 0. The molecular formula is C17H21Cl2NO5. The van der Waals surface area contributed by atoms with Gasteiger partial charge in [-0.05, 0) is 37.8 Å². The number of aliphatic carboxylic acids is 1. The van der Waals surface area contributed by atoms with Gasteiger partial charge in [-0.1, -0.05) is 23.2 Å². The van der Waals surface area contributed by atoms with Crippen LogP contribution in [0.25, 0.3) is 0 Å². The van der Waals surface area contributed by atoms with E-state index in [1.165, 1.54) is 6.07 Å². The van der Waals surface area contributed by atoms with Crippen LogP contribution in [0.3, 0.4) is 0 Å². The van der Waals surface area contributed by atoms with E-state index in [9.17, 15) is 14.7 Å². The van der Waals surface area contributed by atoms with E-state index in [1.807, 2.05) is 0 Å². The van der Waals surface area contributed by atoms with E-state index >= 15 is 0 Å². The molecule has 0 aliphatic carbocycles. The molecule has 1 aromatic carbocycles. The molecule has 2 unspecified atom stereocenters. The van der Waals surface area contributed by atoms with Crippen molar-refractivity contribution >= 4 is 35.1 Å². The summed E-state index contributed by atoms with van der Waals surface area (Å²) < 4.78 is 10.8. The molecule has 2 rings (SSSR count). The fraction of sp³-hybridized carbons (Fsp3) is 0.529. The maximum atomic E-state index is 12.2. The Hall–Kier alpha value is -1.50. The fourth-order valence-electron chi connectivity index (χ4n) is 2.74. The van der Waals surface area contributed by atoms with Crippen molar-refractivity contribution in [3.63, 3.8) is 0 Å². The number of hydrogen-bond acceptors (Lipinski definition) is 4. The Balaban J connectivity index is 1.88. The van der Waals surface area contributed by atoms with Crippen LogP contribution < -0.4 is 10.1 Å². The van der Waals surface area contributed by atoms with E-state index in [0.29, 0.717) is 41.9 Å². The van der Waals surface area contributed by atoms with Gasteiger partial charge in [0.15, 0.2) is 6.10 Å². The summed E-state index contributed by atoms with van der Waals surface area (Å²) in [5.41, 5.74) is 0. The molecule has 1 heterocycles. The monoisotopic (exact) mass is 389 g/mol. The van der Waals surface area contributed by atoms with Crippen molar-refractivity contribution in [2.45, 2.75) is 25.9 Å². The zero-order chi connectivity index (χ0) is 18.4. The van der Waals surface area contributed by atoms with Crippen molar-refractivity contribution in [1.82, 2.24) is 5.32 Å². The highest BCUT2D eigenvalue weighted by Crippen LogP contribution is 2.27. The van der Waals surface area contributed by atoms with Crippen LogP contribution >= 0.6 is 23.2 Å². The van der Waals surface area contributed by atoms with E-state index < -0.39 is 18.0 Å². The largest absolute Gasteiger partial charge is 0.481 e. The summed E-state index contributed by atoms with van der Waals surface area (Å²) in [6.07, 6.45) is 0.575. The third-order valence-electron chi connectivity index (χ3n) is 4.22. The third-order valence-corrected chi connectivity index (χ3v) is 4.96. The topological polar surface area (TPSA) is 84.9 Å². The molecule has 0 radical (unpaired) electrons. The molecule has 1 fully saturated rings. The van der Waals surface area contributed by atoms with Gasteiger partial charge in [0.05, 0.1) is 16.0 Å². The Morgan fingerprint density at radius 2 is 2.00 bits per heavy atom. The van der Waals surface area contributed by atoms with E-state index in [2.05, 4.69) is 5.32 Å². The molecule has 1 saturated heterocycles. The second-order valence-corrected chi connectivity index (χ2v) is 6.79. The molecule has 0 aromatic heterocycles. The molecule has 25 heavy (non-hydrogen) atoms. The summed E-state index contributed by atoms with van der Waals surface area (Å²) in [6.45, 7) is 2.76. The van der Waals surface area contributed by atoms with Gasteiger partial charge in [0.1, 0.15) is 5.75 Å². The molecular weight excluding hydrogens is 369 g/mol. The van der Waals surface area contributed by atoms with Gasteiger partial charge < -0.3 is 19.9 Å². The fourth-order valence-corrected chi connectivity index (χ4v) is 3.02. The lowest BCUT2D eigenvalue weighted by Gasteiger charge is -2.28. The molecule has 138 valence electrons. The summed E-state index contributed by atoms with van der Waals surface area (Å²) in [4.78, 5) is 23.7. The molecule has 2 atom stereocenters. The quantitative estimate of drug-likeness (QED) is 0.748. The Morgan fingerprint density at radius 1 is 1.32 bits per heavy atom. The van der Waals surface area contributed by atoms with E-state index in [1.54, 1.807) is 19.1 Å². The van der Waals surface area contributed by atoms with Gasteiger partial charge in [-0.2, -0.15) is 0 Å². The molecule has 0 saturated carbocycles. The van der Waals surface area contributed by atoms with Gasteiger partial charge in [-0.3, -0.25) is 9.59 Å². The van der Waals surface area contributed by atoms with Gasteiger partial charge in [0.25, 0.3) is 5.91 Å². The average Bonchev–Trinajstić information content (AvgIpc) is 2.58. The molecule has 6 nitrogen and oxygen atoms in total. The number of carboxylic acids is 1. The van der Waals surface area contributed by atoms with Crippen molar-refractivity contribution in [1.29, 1.82) is 0 Å². The van der Waals surface area contributed by atoms with Crippen molar-refractivity contribution in [3.8, 4) is 5.75 Å². The zero-order valence-corrected chi connectivity index (χ0v) is 15.3. The molecule has 8 heteroatoms. The first-order valence-electron chi connectivity index (χ1n) is 8.08. The highest BCUT2D eigenvalue weighted by molar-refractivity contribution is 6.42. The van der Waals surface area contributed by atoms with Crippen molar-refractivity contribution < 1.29 is 24.2 Å². The lowest BCUT2D eigenvalue weighted by atomic mass is 9.86. The summed E-state index contributed by atoms with van der Waals surface area (Å²) in [5.74, 6) is -1.52. The van der Waals surface area contributed by atoms with Crippen LogP contribution in [0.15, 0.2) is 18.2 Å². The number of halogens is 2. The maximum Gasteiger partial charge on any atom is 0.308 e. The number of carboxylic acid groups (broad SMARTS) is 1. The van der Waals surface area contributed by atoms with Crippen LogP contribution in [0.5, 0.6) is 5.75 Å².